The highest BCUT2D eigenvalue weighted by Crippen LogP contribution is 2.43. The van der Waals surface area contributed by atoms with E-state index in [0.717, 1.165) is 107 Å². The quantitative estimate of drug-likeness (QED) is 0.113. The number of para-hydroxylation sites is 2. The molecule has 0 saturated carbocycles. The molecule has 0 fully saturated rings. The van der Waals surface area contributed by atoms with Gasteiger partial charge in [0.1, 0.15) is 11.2 Å². The van der Waals surface area contributed by atoms with Crippen LogP contribution in [0.25, 0.3) is 77.4 Å². The Balaban J connectivity index is 0.976. The van der Waals surface area contributed by atoms with Crippen LogP contribution in [-0.4, -0.2) is 16.1 Å². The first-order valence-corrected chi connectivity index (χ1v) is 24.0. The number of furan rings is 1. The largest absolute Gasteiger partial charge is 0.456 e. The molecular weight excluding hydrogens is 865 g/mol. The number of aliphatic imine (C=N–C) groups is 2. The van der Waals surface area contributed by atoms with Gasteiger partial charge in [-0.2, -0.15) is 0 Å². The van der Waals surface area contributed by atoms with Gasteiger partial charge in [-0.1, -0.05) is 171 Å². The van der Waals surface area contributed by atoms with Crippen molar-refractivity contribution >= 4 is 72.4 Å². The molecule has 0 radical (unpaired) electrons. The van der Waals surface area contributed by atoms with E-state index in [1.165, 1.54) is 16.3 Å². The van der Waals surface area contributed by atoms with Gasteiger partial charge in [-0.15, -0.1) is 0 Å². The van der Waals surface area contributed by atoms with Gasteiger partial charge < -0.3 is 13.9 Å². The smallest absolute Gasteiger partial charge is 0.160 e. The molecule has 1 aliphatic rings. The highest BCUT2D eigenvalue weighted by Gasteiger charge is 2.22. The van der Waals surface area contributed by atoms with Crippen LogP contribution in [0.15, 0.2) is 270 Å². The van der Waals surface area contributed by atoms with Crippen molar-refractivity contribution in [3.63, 3.8) is 0 Å². The lowest BCUT2D eigenvalue weighted by molar-refractivity contribution is 0.669. The van der Waals surface area contributed by atoms with Crippen LogP contribution in [-0.2, 0) is 6.42 Å². The Bertz CT molecular complexity index is 3980. The van der Waals surface area contributed by atoms with Crippen molar-refractivity contribution in [2.75, 3.05) is 4.90 Å². The van der Waals surface area contributed by atoms with Gasteiger partial charge in [-0.05, 0) is 131 Å². The summed E-state index contributed by atoms with van der Waals surface area (Å²) in [7, 11) is 0. The monoisotopic (exact) mass is 912 g/mol. The third-order valence-corrected chi connectivity index (χ3v) is 13.5. The number of hydrogen-bond acceptors (Lipinski definition) is 3. The molecule has 9 aromatic carbocycles. The van der Waals surface area contributed by atoms with E-state index in [2.05, 4.69) is 199 Å². The van der Waals surface area contributed by atoms with Gasteiger partial charge in [0.05, 0.1) is 22.4 Å². The molecule has 0 atom stereocenters. The summed E-state index contributed by atoms with van der Waals surface area (Å²) in [5, 5.41) is 4.47. The molecule has 0 amide bonds. The second-order valence-electron chi connectivity index (χ2n) is 17.9. The van der Waals surface area contributed by atoms with Crippen molar-refractivity contribution in [2.24, 2.45) is 9.98 Å². The maximum Gasteiger partial charge on any atom is 0.160 e. The molecular formula is C66H48N4O. The number of rotatable bonds is 8. The van der Waals surface area contributed by atoms with Crippen LogP contribution in [0.1, 0.15) is 29.2 Å². The molecule has 3 heterocycles. The molecule has 1 aliphatic heterocycles. The summed E-state index contributed by atoms with van der Waals surface area (Å²) in [6.07, 6.45) is 9.30. The van der Waals surface area contributed by atoms with E-state index in [0.29, 0.717) is 11.5 Å². The molecule has 12 rings (SSSR count). The van der Waals surface area contributed by atoms with Gasteiger partial charge in [0, 0.05) is 49.9 Å². The fraction of sp³-hybridized carbons (Fsp3) is 0.0303. The van der Waals surface area contributed by atoms with Crippen LogP contribution < -0.4 is 4.90 Å². The molecule has 2 aromatic heterocycles. The fourth-order valence-corrected chi connectivity index (χ4v) is 10.0. The molecule has 5 heteroatoms. The number of amidine groups is 1. The van der Waals surface area contributed by atoms with E-state index in [1.807, 2.05) is 67.6 Å². The molecule has 0 N–H and O–H groups in total. The minimum absolute atomic E-state index is 0.608. The Morgan fingerprint density at radius 1 is 0.521 bits per heavy atom. The lowest BCUT2D eigenvalue weighted by atomic mass is 9.95. The first-order chi connectivity index (χ1) is 34.9. The average molecular weight is 913 g/mol. The third kappa shape index (κ3) is 8.09. The second kappa shape index (κ2) is 18.3. The van der Waals surface area contributed by atoms with Crippen LogP contribution in [0.4, 0.5) is 11.4 Å². The average Bonchev–Trinajstić information content (AvgIpc) is 3.98. The zero-order valence-corrected chi connectivity index (χ0v) is 39.3. The summed E-state index contributed by atoms with van der Waals surface area (Å²) in [6, 6.07) is 74.5. The maximum atomic E-state index is 6.60. The normalized spacial score (nSPS) is 14.1. The first kappa shape index (κ1) is 43.0. The second-order valence-corrected chi connectivity index (χ2v) is 17.9. The van der Waals surface area contributed by atoms with Crippen LogP contribution in [0.3, 0.4) is 0 Å². The van der Waals surface area contributed by atoms with Crippen LogP contribution in [0.2, 0.25) is 0 Å². The van der Waals surface area contributed by atoms with Gasteiger partial charge in [-0.3, -0.25) is 0 Å². The lowest BCUT2D eigenvalue weighted by Crippen LogP contribution is -2.16. The highest BCUT2D eigenvalue weighted by molar-refractivity contribution is 6.16. The van der Waals surface area contributed by atoms with E-state index in [9.17, 15) is 0 Å². The topological polar surface area (TPSA) is 46.0 Å². The fourth-order valence-electron chi connectivity index (χ4n) is 10.0. The highest BCUT2D eigenvalue weighted by atomic mass is 16.3. The molecule has 11 aromatic rings. The SMILES string of the molecule is C=C(/N=C(\N=C(/C)c1cccc(-c2cccc3oc4ccc(-c5ccc6c(c5)c5cc7c(cc5n6-c5ccccc5)C/C=C\C=C/C(=C)N7c5ccccc5)cc4c23)c1)c1ccccc1)c1ccccc1. The van der Waals surface area contributed by atoms with Gasteiger partial charge in [0.2, 0.25) is 0 Å². The minimum Gasteiger partial charge on any atom is -0.456 e. The summed E-state index contributed by atoms with van der Waals surface area (Å²) < 4.78 is 9.01. The number of nitrogens with zero attached hydrogens (tertiary/aromatic N) is 4. The lowest BCUT2D eigenvalue weighted by Gasteiger charge is -2.28. The number of aromatic nitrogens is 1. The molecule has 5 nitrogen and oxygen atoms in total. The Kier molecular flexibility index (Phi) is 11.1. The summed E-state index contributed by atoms with van der Waals surface area (Å²) in [4.78, 5) is 12.4. The third-order valence-electron chi connectivity index (χ3n) is 13.5. The predicted molar refractivity (Wildman–Crippen MR) is 299 cm³/mol. The summed E-state index contributed by atoms with van der Waals surface area (Å²) in [6.45, 7) is 10.9. The Morgan fingerprint density at radius 2 is 1.17 bits per heavy atom. The molecule has 0 spiro atoms. The summed E-state index contributed by atoms with van der Waals surface area (Å²) >= 11 is 0. The first-order valence-electron chi connectivity index (χ1n) is 24.0. The molecule has 0 saturated heterocycles. The van der Waals surface area contributed by atoms with Crippen LogP contribution in [0.5, 0.6) is 0 Å². The molecule has 0 aliphatic carbocycles. The van der Waals surface area contributed by atoms with Crippen molar-refractivity contribution < 1.29 is 4.42 Å². The van der Waals surface area contributed by atoms with Gasteiger partial charge in [0.15, 0.2) is 5.84 Å². The van der Waals surface area contributed by atoms with Crippen molar-refractivity contribution in [3.05, 3.63) is 278 Å². The number of allylic oxidation sites excluding steroid dienone is 4. The minimum atomic E-state index is 0.608. The zero-order chi connectivity index (χ0) is 47.8. The van der Waals surface area contributed by atoms with Gasteiger partial charge >= 0.3 is 0 Å². The van der Waals surface area contributed by atoms with Gasteiger partial charge in [-0.25, -0.2) is 9.98 Å². The zero-order valence-electron chi connectivity index (χ0n) is 39.3. The summed E-state index contributed by atoms with van der Waals surface area (Å²) in [5.74, 6) is 0.608. The molecule has 0 unspecified atom stereocenters. The maximum absolute atomic E-state index is 6.60. The van der Waals surface area contributed by atoms with Crippen LogP contribution in [0, 0.1) is 0 Å². The van der Waals surface area contributed by atoms with Crippen molar-refractivity contribution in [1.82, 2.24) is 4.57 Å². The Hall–Kier alpha value is -9.32. The molecule has 0 bridgehead atoms. The van der Waals surface area contributed by atoms with E-state index >= 15 is 0 Å². The standard InChI is InChI=1S/C66H48N4O/c1-44-21-9-4-14-26-53-42-62-58(43-61(53)69(44)54-29-15-7-16-30-54)57-40-50(35-37-60(57)70(62)55-31-17-8-18-32-55)51-36-38-63-59(41-51)65-56(33-20-34-64(65)71-63)52-28-19-27-49(39-52)46(3)68-66(48-24-12-6-13-25-48)67-45(2)47-22-10-5-11-23-47/h4-25,27-43H,1-2,26H2,3H3/b14-4-,21-9-,67-66-,68-46+. The van der Waals surface area contributed by atoms with Crippen molar-refractivity contribution in [1.29, 1.82) is 0 Å². The number of benzene rings is 9. The van der Waals surface area contributed by atoms with E-state index in [4.69, 9.17) is 14.4 Å². The van der Waals surface area contributed by atoms with Crippen LogP contribution >= 0.6 is 0 Å². The molecule has 338 valence electrons. The number of fused-ring (bicyclic) bond motifs is 7. The van der Waals surface area contributed by atoms with Gasteiger partial charge in [0.25, 0.3) is 0 Å². The van der Waals surface area contributed by atoms with E-state index in [1.54, 1.807) is 0 Å². The van der Waals surface area contributed by atoms with E-state index < -0.39 is 0 Å². The Morgan fingerprint density at radius 3 is 1.93 bits per heavy atom. The van der Waals surface area contributed by atoms with E-state index in [-0.39, 0.29) is 0 Å². The summed E-state index contributed by atoms with van der Waals surface area (Å²) in [5.41, 5.74) is 18.2. The molecule has 71 heavy (non-hydrogen) atoms. The Labute approximate surface area is 413 Å². The predicted octanol–water partition coefficient (Wildman–Crippen LogP) is 17.3. The van der Waals surface area contributed by atoms with Crippen molar-refractivity contribution in [3.8, 4) is 27.9 Å². The van der Waals surface area contributed by atoms with Crippen molar-refractivity contribution in [2.45, 2.75) is 13.3 Å². The number of hydrogen-bond donors (Lipinski definition) is 0. The number of anilines is 2.